The Labute approximate surface area is 555 Å². The third kappa shape index (κ3) is 10.4. The lowest BCUT2D eigenvalue weighted by Gasteiger charge is -2.34. The van der Waals surface area contributed by atoms with E-state index in [1.165, 1.54) is 72.0 Å². The Morgan fingerprint density at radius 1 is 0.316 bits per heavy atom. The predicted molar refractivity (Wildman–Crippen MR) is 392 cm³/mol. The van der Waals surface area contributed by atoms with Gasteiger partial charge in [-0.05, 0) is 163 Å². The van der Waals surface area contributed by atoms with Gasteiger partial charge in [-0.3, -0.25) is 0 Å². The van der Waals surface area contributed by atoms with Gasteiger partial charge in [-0.2, -0.15) is 0 Å². The quantitative estimate of drug-likeness (QED) is 0.107. The first-order valence-electron chi connectivity index (χ1n) is 32.5. The Bertz CT molecular complexity index is 5360. The van der Waals surface area contributed by atoms with Crippen LogP contribution in [0.3, 0.4) is 0 Å². The first kappa shape index (κ1) is 58.2. The molecule has 2 aromatic heterocycles. The summed E-state index contributed by atoms with van der Waals surface area (Å²) in [7, 11) is 0. The van der Waals surface area contributed by atoms with Crippen LogP contribution in [0, 0.1) is 13.8 Å². The third-order valence-electron chi connectivity index (χ3n) is 19.3. The molecule has 14 aromatic rings. The smallest absolute Gasteiger partial charge is 0.164 e. The van der Waals surface area contributed by atoms with Crippen LogP contribution in [-0.4, -0.2) is 29.9 Å². The molecule has 2 aliphatic rings. The van der Waals surface area contributed by atoms with E-state index in [-0.39, 0.29) is 5.41 Å². The zero-order chi connectivity index (χ0) is 64.4. The molecule has 6 nitrogen and oxygen atoms in total. The molecule has 0 aliphatic heterocycles. The molecule has 0 spiro atoms. The van der Waals surface area contributed by atoms with Gasteiger partial charge in [-0.25, -0.2) is 29.9 Å². The number of hydrogen-bond acceptors (Lipinski definition) is 6. The van der Waals surface area contributed by atoms with Crippen molar-refractivity contribution in [3.05, 3.63) is 354 Å². The van der Waals surface area contributed by atoms with E-state index < -0.39 is 5.41 Å². The molecule has 0 saturated carbocycles. The standard InChI is InChI=1S/C89H66N6/c1-7-8-10-19-58(4)82-90-83(92-86(91-82)70-43-49-79-76(53-70)74-28-15-16-29-78(74)89(79,72-44-30-56(2)31-45-72)73-46-32-57(3)33-47-73)62-38-34-60(35-39-62)64-24-17-25-65(50-64)61-36-40-63(41-37-61)84-93-85(69-27-18-26-66(51-69)59-20-11-9-12-21-59)95-87(94-84)71-42-48-75-77-52-67-22-13-14-23-68(67)54-81(77)88(5,6)80(75)55-71/h7-55H,1H2,2-6H3/b10-8-,58-19+. The Hall–Kier alpha value is -11.9. The van der Waals surface area contributed by atoms with Gasteiger partial charge >= 0.3 is 0 Å². The number of allylic oxidation sites excluding steroid dienone is 5. The number of aromatic nitrogens is 6. The average Bonchev–Trinajstić information content (AvgIpc) is 1.55. The number of hydrogen-bond donors (Lipinski definition) is 0. The van der Waals surface area contributed by atoms with E-state index in [9.17, 15) is 0 Å². The van der Waals surface area contributed by atoms with Crippen LogP contribution in [0.2, 0.25) is 0 Å². The maximum atomic E-state index is 5.29. The molecule has 0 N–H and O–H groups in total. The molecule has 0 amide bonds. The average molecular weight is 1220 g/mol. The molecule has 0 atom stereocenters. The molecule has 16 rings (SSSR count). The largest absolute Gasteiger partial charge is 0.209 e. The molecule has 2 heterocycles. The summed E-state index contributed by atoms with van der Waals surface area (Å²) in [6, 6.07) is 98.6. The van der Waals surface area contributed by atoms with Gasteiger partial charge in [0.05, 0.1) is 5.41 Å². The minimum Gasteiger partial charge on any atom is -0.209 e. The van der Waals surface area contributed by atoms with Crippen molar-refractivity contribution in [1.82, 2.24) is 29.9 Å². The van der Waals surface area contributed by atoms with E-state index in [2.05, 4.69) is 301 Å². The molecule has 12 aromatic carbocycles. The first-order valence-corrected chi connectivity index (χ1v) is 32.5. The van der Waals surface area contributed by atoms with Crippen LogP contribution >= 0.6 is 0 Å². The molecule has 0 fully saturated rings. The van der Waals surface area contributed by atoms with Crippen molar-refractivity contribution in [1.29, 1.82) is 0 Å². The number of benzene rings is 12. The fraction of sp³-hybridized carbons (Fsp3) is 0.0787. The van der Waals surface area contributed by atoms with Gasteiger partial charge < -0.3 is 0 Å². The van der Waals surface area contributed by atoms with Crippen LogP contribution in [0.25, 0.3) is 129 Å². The van der Waals surface area contributed by atoms with Gasteiger partial charge in [0, 0.05) is 33.2 Å². The molecule has 0 unspecified atom stereocenters. The van der Waals surface area contributed by atoms with Crippen LogP contribution in [0.15, 0.2) is 304 Å². The van der Waals surface area contributed by atoms with Gasteiger partial charge in [-0.1, -0.05) is 292 Å². The molecular formula is C89H66N6. The molecule has 0 radical (unpaired) electrons. The van der Waals surface area contributed by atoms with Crippen molar-refractivity contribution in [3.8, 4) is 113 Å². The van der Waals surface area contributed by atoms with Gasteiger partial charge in [0.25, 0.3) is 0 Å². The van der Waals surface area contributed by atoms with Gasteiger partial charge in [0.1, 0.15) is 0 Å². The third-order valence-corrected chi connectivity index (χ3v) is 19.3. The van der Waals surface area contributed by atoms with Crippen molar-refractivity contribution in [2.24, 2.45) is 0 Å². The molecular weight excluding hydrogens is 1150 g/mol. The van der Waals surface area contributed by atoms with Crippen molar-refractivity contribution < 1.29 is 0 Å². The fourth-order valence-electron chi connectivity index (χ4n) is 14.3. The monoisotopic (exact) mass is 1220 g/mol. The summed E-state index contributed by atoms with van der Waals surface area (Å²) in [5.74, 6) is 3.65. The lowest BCUT2D eigenvalue weighted by molar-refractivity contribution is 0.661. The van der Waals surface area contributed by atoms with Crippen molar-refractivity contribution in [2.45, 2.75) is 45.4 Å². The lowest BCUT2D eigenvalue weighted by atomic mass is 9.67. The summed E-state index contributed by atoms with van der Waals surface area (Å²) in [5, 5.41) is 2.49. The van der Waals surface area contributed by atoms with E-state index in [1.807, 2.05) is 31.2 Å². The Balaban J connectivity index is 0.722. The topological polar surface area (TPSA) is 77.3 Å². The normalized spacial score (nSPS) is 13.3. The SMILES string of the molecule is C=C/C=C\C=C(/C)c1nc(-c2ccc(-c3cccc(-c4ccc(-c5nc(-c6cccc(-c7ccccc7)c6)nc(-c6ccc7c(c6)C(C)(C)c6cc8ccccc8cc6-7)n5)cc4)c3)cc2)nc(-c2ccc3c(c2)-c2ccccc2C3(c2ccc(C)cc2)c2ccc(C)cc2)n1. The number of fused-ring (bicyclic) bond motifs is 7. The van der Waals surface area contributed by atoms with Crippen molar-refractivity contribution in [3.63, 3.8) is 0 Å². The Kier molecular flexibility index (Phi) is 14.5. The molecule has 452 valence electrons. The second-order valence-corrected chi connectivity index (χ2v) is 25.7. The highest BCUT2D eigenvalue weighted by atomic mass is 15.0. The summed E-state index contributed by atoms with van der Waals surface area (Å²) < 4.78 is 0. The molecule has 0 bridgehead atoms. The van der Waals surface area contributed by atoms with E-state index in [0.717, 1.165) is 72.3 Å². The van der Waals surface area contributed by atoms with Crippen LogP contribution in [0.5, 0.6) is 0 Å². The Morgan fingerprint density at radius 3 is 1.34 bits per heavy atom. The van der Waals surface area contributed by atoms with E-state index in [4.69, 9.17) is 29.9 Å². The fourth-order valence-corrected chi connectivity index (χ4v) is 14.3. The van der Waals surface area contributed by atoms with E-state index in [0.29, 0.717) is 34.9 Å². The van der Waals surface area contributed by atoms with Crippen molar-refractivity contribution >= 4 is 16.3 Å². The highest BCUT2D eigenvalue weighted by Crippen LogP contribution is 2.57. The van der Waals surface area contributed by atoms with E-state index >= 15 is 0 Å². The van der Waals surface area contributed by atoms with Crippen molar-refractivity contribution in [2.75, 3.05) is 0 Å². The van der Waals surface area contributed by atoms with Gasteiger partial charge in [0.2, 0.25) is 0 Å². The first-order chi connectivity index (χ1) is 46.5. The second kappa shape index (κ2) is 23.7. The minimum absolute atomic E-state index is 0.226. The number of aryl methyl sites for hydroxylation is 2. The minimum atomic E-state index is -0.526. The van der Waals surface area contributed by atoms with Gasteiger partial charge in [-0.15, -0.1) is 0 Å². The molecule has 95 heavy (non-hydrogen) atoms. The second-order valence-electron chi connectivity index (χ2n) is 25.7. The maximum absolute atomic E-state index is 5.29. The predicted octanol–water partition coefficient (Wildman–Crippen LogP) is 22.0. The number of rotatable bonds is 13. The van der Waals surface area contributed by atoms with Crippen LogP contribution in [0.4, 0.5) is 0 Å². The van der Waals surface area contributed by atoms with Crippen LogP contribution < -0.4 is 0 Å². The zero-order valence-electron chi connectivity index (χ0n) is 53.7. The Morgan fingerprint density at radius 2 is 0.726 bits per heavy atom. The summed E-state index contributed by atoms with van der Waals surface area (Å²) in [6.45, 7) is 14.9. The molecule has 6 heteroatoms. The van der Waals surface area contributed by atoms with Gasteiger partial charge in [0.15, 0.2) is 34.9 Å². The summed E-state index contributed by atoms with van der Waals surface area (Å²) in [4.78, 5) is 31.4. The lowest BCUT2D eigenvalue weighted by Crippen LogP contribution is -2.28. The number of nitrogens with zero attached hydrogens (tertiary/aromatic N) is 6. The summed E-state index contributed by atoms with van der Waals surface area (Å²) >= 11 is 0. The molecule has 0 saturated heterocycles. The molecule has 2 aliphatic carbocycles. The zero-order valence-corrected chi connectivity index (χ0v) is 53.7. The highest BCUT2D eigenvalue weighted by Gasteiger charge is 2.46. The summed E-state index contributed by atoms with van der Waals surface area (Å²) in [6.07, 6.45) is 7.67. The van der Waals surface area contributed by atoms with E-state index in [1.54, 1.807) is 6.08 Å². The highest BCUT2D eigenvalue weighted by molar-refractivity contribution is 5.95. The van der Waals surface area contributed by atoms with Crippen LogP contribution in [-0.2, 0) is 10.8 Å². The maximum Gasteiger partial charge on any atom is 0.164 e. The summed E-state index contributed by atoms with van der Waals surface area (Å²) in [5.41, 5.74) is 26.2. The van der Waals surface area contributed by atoms with Crippen LogP contribution in [0.1, 0.15) is 71.1 Å².